The van der Waals surface area contributed by atoms with Crippen molar-refractivity contribution in [2.45, 2.75) is 19.4 Å². The van der Waals surface area contributed by atoms with Gasteiger partial charge < -0.3 is 15.2 Å². The summed E-state index contributed by atoms with van der Waals surface area (Å²) in [6, 6.07) is -0.481. The van der Waals surface area contributed by atoms with Gasteiger partial charge in [0.2, 0.25) is 5.91 Å². The Morgan fingerprint density at radius 2 is 2.47 bits per heavy atom. The molecule has 0 bridgehead atoms. The molecule has 2 atom stereocenters. The van der Waals surface area contributed by atoms with Gasteiger partial charge in [-0.05, 0) is 6.42 Å². The standard InChI is InChI=1S/C9H14N2O4/c1-6(9(13)14)2-3-10-8(12)7-4-15-5-11-7/h5-7H,2-4H2,1H3,(H,10,12)(H,13,14)/t6-,7?/m1/s1. The highest BCUT2D eigenvalue weighted by Gasteiger charge is 2.20. The smallest absolute Gasteiger partial charge is 0.306 e. The zero-order valence-corrected chi connectivity index (χ0v) is 8.47. The van der Waals surface area contributed by atoms with Crippen LogP contribution in [0, 0.1) is 5.92 Å². The molecule has 1 aliphatic heterocycles. The van der Waals surface area contributed by atoms with Crippen LogP contribution in [0.4, 0.5) is 0 Å². The normalized spacial score (nSPS) is 20.7. The largest absolute Gasteiger partial charge is 0.481 e. The first-order valence-electron chi connectivity index (χ1n) is 4.75. The summed E-state index contributed by atoms with van der Waals surface area (Å²) in [5, 5.41) is 11.2. The van der Waals surface area contributed by atoms with Crippen LogP contribution in [0.5, 0.6) is 0 Å². The number of ether oxygens (including phenoxy) is 1. The summed E-state index contributed by atoms with van der Waals surface area (Å²) in [6.07, 6.45) is 1.67. The topological polar surface area (TPSA) is 88.0 Å². The molecular weight excluding hydrogens is 200 g/mol. The molecule has 0 aromatic carbocycles. The highest BCUT2D eigenvalue weighted by Crippen LogP contribution is 2.01. The zero-order chi connectivity index (χ0) is 11.3. The summed E-state index contributed by atoms with van der Waals surface area (Å²) in [4.78, 5) is 25.6. The lowest BCUT2D eigenvalue weighted by Gasteiger charge is -2.09. The third-order valence-corrected chi connectivity index (χ3v) is 2.17. The number of carbonyl (C=O) groups excluding carboxylic acids is 1. The summed E-state index contributed by atoms with van der Waals surface area (Å²) < 4.78 is 4.80. The predicted molar refractivity (Wildman–Crippen MR) is 52.7 cm³/mol. The maximum atomic E-state index is 11.3. The molecule has 15 heavy (non-hydrogen) atoms. The summed E-state index contributed by atoms with van der Waals surface area (Å²) in [5.41, 5.74) is 0. The van der Waals surface area contributed by atoms with E-state index in [4.69, 9.17) is 9.84 Å². The van der Waals surface area contributed by atoms with E-state index in [1.165, 1.54) is 6.40 Å². The molecule has 1 unspecified atom stereocenters. The lowest BCUT2D eigenvalue weighted by molar-refractivity contribution is -0.141. The molecule has 0 spiro atoms. The molecule has 84 valence electrons. The summed E-state index contributed by atoms with van der Waals surface area (Å²) >= 11 is 0. The van der Waals surface area contributed by atoms with Crippen LogP contribution in [0.15, 0.2) is 4.99 Å². The summed E-state index contributed by atoms with van der Waals surface area (Å²) in [6.45, 7) is 2.21. The maximum Gasteiger partial charge on any atom is 0.306 e. The molecule has 2 N–H and O–H groups in total. The third kappa shape index (κ3) is 3.57. The van der Waals surface area contributed by atoms with E-state index in [0.29, 0.717) is 13.0 Å². The molecule has 6 nitrogen and oxygen atoms in total. The molecule has 1 amide bonds. The van der Waals surface area contributed by atoms with Gasteiger partial charge in [-0.15, -0.1) is 0 Å². The van der Waals surface area contributed by atoms with Crippen LogP contribution in [-0.4, -0.2) is 42.6 Å². The van der Waals surface area contributed by atoms with Crippen LogP contribution in [0.1, 0.15) is 13.3 Å². The second-order valence-corrected chi connectivity index (χ2v) is 3.42. The Morgan fingerprint density at radius 3 is 3.00 bits per heavy atom. The molecule has 0 radical (unpaired) electrons. The minimum absolute atomic E-state index is 0.221. The summed E-state index contributed by atoms with van der Waals surface area (Å²) in [7, 11) is 0. The zero-order valence-electron chi connectivity index (χ0n) is 8.47. The Bertz CT molecular complexity index is 277. The van der Waals surface area contributed by atoms with Crippen molar-refractivity contribution < 1.29 is 19.4 Å². The number of hydrogen-bond donors (Lipinski definition) is 2. The number of amides is 1. The Balaban J connectivity index is 2.17. The average molecular weight is 214 g/mol. The van der Waals surface area contributed by atoms with Crippen molar-refractivity contribution in [1.29, 1.82) is 0 Å². The molecule has 0 aromatic heterocycles. The Hall–Kier alpha value is -1.59. The van der Waals surface area contributed by atoms with Crippen molar-refractivity contribution in [2.24, 2.45) is 10.9 Å². The lowest BCUT2D eigenvalue weighted by atomic mass is 10.1. The Labute approximate surface area is 87.3 Å². The minimum Gasteiger partial charge on any atom is -0.481 e. The maximum absolute atomic E-state index is 11.3. The monoisotopic (exact) mass is 214 g/mol. The number of aliphatic carboxylic acids is 1. The number of rotatable bonds is 5. The third-order valence-electron chi connectivity index (χ3n) is 2.17. The number of carboxylic acid groups (broad SMARTS) is 1. The van der Waals surface area contributed by atoms with Gasteiger partial charge in [-0.25, -0.2) is 4.99 Å². The second kappa shape index (κ2) is 5.33. The molecule has 0 aliphatic carbocycles. The van der Waals surface area contributed by atoms with E-state index in [0.717, 1.165) is 0 Å². The Kier molecular flexibility index (Phi) is 4.08. The first-order valence-corrected chi connectivity index (χ1v) is 4.75. The molecule has 0 saturated heterocycles. The van der Waals surface area contributed by atoms with E-state index >= 15 is 0 Å². The van der Waals surface area contributed by atoms with Crippen LogP contribution in [0.3, 0.4) is 0 Å². The van der Waals surface area contributed by atoms with Gasteiger partial charge in [-0.1, -0.05) is 6.92 Å². The van der Waals surface area contributed by atoms with Crippen LogP contribution >= 0.6 is 0 Å². The van der Waals surface area contributed by atoms with Crippen molar-refractivity contribution in [2.75, 3.05) is 13.2 Å². The fourth-order valence-electron chi connectivity index (χ4n) is 1.09. The van der Waals surface area contributed by atoms with Crippen LogP contribution in [-0.2, 0) is 14.3 Å². The van der Waals surface area contributed by atoms with Gasteiger partial charge in [0, 0.05) is 6.54 Å². The second-order valence-electron chi connectivity index (χ2n) is 3.42. The average Bonchev–Trinajstić information content (AvgIpc) is 2.70. The van der Waals surface area contributed by atoms with Crippen molar-refractivity contribution in [3.63, 3.8) is 0 Å². The van der Waals surface area contributed by atoms with Gasteiger partial charge in [0.1, 0.15) is 6.61 Å². The predicted octanol–water partition coefficient (Wildman–Crippen LogP) is -0.360. The van der Waals surface area contributed by atoms with Crippen LogP contribution in [0.2, 0.25) is 0 Å². The number of nitrogens with zero attached hydrogens (tertiary/aromatic N) is 1. The number of aliphatic imine (C=N–C) groups is 1. The van der Waals surface area contributed by atoms with E-state index in [1.807, 2.05) is 0 Å². The van der Waals surface area contributed by atoms with Gasteiger partial charge in [-0.3, -0.25) is 9.59 Å². The van der Waals surface area contributed by atoms with Gasteiger partial charge in [0.15, 0.2) is 12.4 Å². The van der Waals surface area contributed by atoms with Gasteiger partial charge in [0.25, 0.3) is 0 Å². The molecule has 6 heteroatoms. The van der Waals surface area contributed by atoms with E-state index in [-0.39, 0.29) is 12.5 Å². The quantitative estimate of drug-likeness (QED) is 0.654. The van der Waals surface area contributed by atoms with Gasteiger partial charge in [-0.2, -0.15) is 0 Å². The van der Waals surface area contributed by atoms with Crippen molar-refractivity contribution in [3.05, 3.63) is 0 Å². The lowest BCUT2D eigenvalue weighted by Crippen LogP contribution is -2.35. The number of nitrogens with one attached hydrogen (secondary N) is 1. The fraction of sp³-hybridized carbons (Fsp3) is 0.667. The first kappa shape index (κ1) is 11.5. The summed E-state index contributed by atoms with van der Waals surface area (Å²) in [5.74, 6) is -1.53. The number of hydrogen-bond acceptors (Lipinski definition) is 4. The highest BCUT2D eigenvalue weighted by molar-refractivity contribution is 5.84. The van der Waals surface area contributed by atoms with Crippen molar-refractivity contribution in [1.82, 2.24) is 5.32 Å². The molecular formula is C9H14N2O4. The van der Waals surface area contributed by atoms with Gasteiger partial charge in [0.05, 0.1) is 5.92 Å². The van der Waals surface area contributed by atoms with E-state index in [2.05, 4.69) is 10.3 Å². The Morgan fingerprint density at radius 1 is 1.73 bits per heavy atom. The molecule has 1 rings (SSSR count). The number of carboxylic acids is 1. The van der Waals surface area contributed by atoms with Crippen molar-refractivity contribution in [3.8, 4) is 0 Å². The minimum atomic E-state index is -0.855. The van der Waals surface area contributed by atoms with E-state index < -0.39 is 17.9 Å². The van der Waals surface area contributed by atoms with Crippen LogP contribution in [0.25, 0.3) is 0 Å². The van der Waals surface area contributed by atoms with Gasteiger partial charge >= 0.3 is 5.97 Å². The molecule has 1 aliphatic rings. The molecule has 1 heterocycles. The first-order chi connectivity index (χ1) is 7.11. The van der Waals surface area contributed by atoms with Crippen molar-refractivity contribution >= 4 is 18.3 Å². The SMILES string of the molecule is C[C@H](CCNC(=O)C1COC=N1)C(=O)O. The van der Waals surface area contributed by atoms with E-state index in [1.54, 1.807) is 6.92 Å². The molecule has 0 saturated carbocycles. The number of carbonyl (C=O) groups is 2. The van der Waals surface area contributed by atoms with Crippen LogP contribution < -0.4 is 5.32 Å². The highest BCUT2D eigenvalue weighted by atomic mass is 16.5. The molecule has 0 fully saturated rings. The fourth-order valence-corrected chi connectivity index (χ4v) is 1.09. The van der Waals surface area contributed by atoms with E-state index in [9.17, 15) is 9.59 Å². The molecule has 0 aromatic rings.